The number of hydrogen-bond acceptors (Lipinski definition) is 4. The predicted octanol–water partition coefficient (Wildman–Crippen LogP) is 1.85. The molecule has 1 aliphatic heterocycles. The Kier molecular flexibility index (Phi) is 2.86. The second-order valence-electron chi connectivity index (χ2n) is 3.43. The molecular formula is C11H13NO2S. The maximum Gasteiger partial charge on any atom is 0.319 e. The summed E-state index contributed by atoms with van der Waals surface area (Å²) in [6.45, 7) is 2.26. The van der Waals surface area contributed by atoms with Gasteiger partial charge in [-0.1, -0.05) is 0 Å². The van der Waals surface area contributed by atoms with Crippen molar-refractivity contribution in [1.82, 2.24) is 0 Å². The number of thioether (sulfide) groups is 1. The fourth-order valence-electron chi connectivity index (χ4n) is 1.64. The van der Waals surface area contributed by atoms with Crippen LogP contribution in [0.2, 0.25) is 0 Å². The van der Waals surface area contributed by atoms with E-state index in [9.17, 15) is 4.79 Å². The number of esters is 1. The summed E-state index contributed by atoms with van der Waals surface area (Å²) in [4.78, 5) is 12.7. The first-order valence-corrected chi connectivity index (χ1v) is 5.80. The van der Waals surface area contributed by atoms with E-state index in [1.807, 2.05) is 25.1 Å². The van der Waals surface area contributed by atoms with Crippen molar-refractivity contribution in [3.05, 3.63) is 23.8 Å². The standard InChI is InChI=1S/C11H13NO2S/c1-2-14-11(13)10-6-7-5-8(12)3-4-9(7)15-10/h3-5,10H,2,6,12H2,1H3. The third kappa shape index (κ3) is 2.09. The molecule has 0 bridgehead atoms. The van der Waals surface area contributed by atoms with E-state index >= 15 is 0 Å². The molecule has 2 rings (SSSR count). The summed E-state index contributed by atoms with van der Waals surface area (Å²) >= 11 is 1.56. The van der Waals surface area contributed by atoms with E-state index in [0.717, 1.165) is 22.6 Å². The molecule has 0 aliphatic carbocycles. The smallest absolute Gasteiger partial charge is 0.319 e. The summed E-state index contributed by atoms with van der Waals surface area (Å²) in [5, 5.41) is -0.0956. The molecule has 1 atom stereocenters. The number of carbonyl (C=O) groups excluding carboxylic acids is 1. The van der Waals surface area contributed by atoms with Gasteiger partial charge in [-0.05, 0) is 37.1 Å². The lowest BCUT2D eigenvalue weighted by molar-refractivity contribution is -0.142. The van der Waals surface area contributed by atoms with Crippen LogP contribution in [0, 0.1) is 0 Å². The van der Waals surface area contributed by atoms with Crippen molar-refractivity contribution in [2.24, 2.45) is 0 Å². The Bertz CT molecular complexity index is 392. The van der Waals surface area contributed by atoms with Crippen LogP contribution in [-0.4, -0.2) is 17.8 Å². The van der Waals surface area contributed by atoms with E-state index < -0.39 is 0 Å². The van der Waals surface area contributed by atoms with Gasteiger partial charge in [-0.3, -0.25) is 4.79 Å². The number of anilines is 1. The third-order valence-electron chi connectivity index (χ3n) is 2.31. The Morgan fingerprint density at radius 1 is 1.67 bits per heavy atom. The van der Waals surface area contributed by atoms with Gasteiger partial charge < -0.3 is 10.5 Å². The molecule has 1 heterocycles. The Labute approximate surface area is 93.0 Å². The van der Waals surface area contributed by atoms with Gasteiger partial charge in [0, 0.05) is 10.6 Å². The molecule has 80 valence electrons. The van der Waals surface area contributed by atoms with Crippen LogP contribution in [0.25, 0.3) is 0 Å². The van der Waals surface area contributed by atoms with Gasteiger partial charge in [0.2, 0.25) is 0 Å². The average Bonchev–Trinajstić information content (AvgIpc) is 2.60. The van der Waals surface area contributed by atoms with Gasteiger partial charge in [-0.15, -0.1) is 11.8 Å². The van der Waals surface area contributed by atoms with E-state index in [1.165, 1.54) is 0 Å². The first kappa shape index (κ1) is 10.4. The van der Waals surface area contributed by atoms with Crippen LogP contribution in [0.1, 0.15) is 12.5 Å². The summed E-state index contributed by atoms with van der Waals surface area (Å²) in [7, 11) is 0. The molecule has 0 saturated heterocycles. The zero-order chi connectivity index (χ0) is 10.8. The van der Waals surface area contributed by atoms with Crippen LogP contribution in [0.4, 0.5) is 5.69 Å². The molecule has 0 radical (unpaired) electrons. The van der Waals surface area contributed by atoms with Crippen molar-refractivity contribution in [2.75, 3.05) is 12.3 Å². The second-order valence-corrected chi connectivity index (χ2v) is 4.67. The van der Waals surface area contributed by atoms with Crippen LogP contribution < -0.4 is 5.73 Å². The number of fused-ring (bicyclic) bond motifs is 1. The zero-order valence-corrected chi connectivity index (χ0v) is 9.34. The van der Waals surface area contributed by atoms with Crippen LogP contribution in [0.3, 0.4) is 0 Å². The lowest BCUT2D eigenvalue weighted by atomic mass is 10.1. The molecule has 0 fully saturated rings. The van der Waals surface area contributed by atoms with Crippen LogP contribution >= 0.6 is 11.8 Å². The van der Waals surface area contributed by atoms with Crippen molar-refractivity contribution in [3.8, 4) is 0 Å². The van der Waals surface area contributed by atoms with Crippen LogP contribution in [0.15, 0.2) is 23.1 Å². The predicted molar refractivity (Wildman–Crippen MR) is 60.8 cm³/mol. The van der Waals surface area contributed by atoms with E-state index in [1.54, 1.807) is 11.8 Å². The van der Waals surface area contributed by atoms with Crippen molar-refractivity contribution >= 4 is 23.4 Å². The average molecular weight is 223 g/mol. The number of rotatable bonds is 2. The number of benzene rings is 1. The van der Waals surface area contributed by atoms with E-state index in [-0.39, 0.29) is 11.2 Å². The normalized spacial score (nSPS) is 18.6. The number of ether oxygens (including phenoxy) is 1. The molecule has 0 spiro atoms. The van der Waals surface area contributed by atoms with E-state index in [2.05, 4.69) is 0 Å². The molecule has 1 aliphatic rings. The first-order chi connectivity index (χ1) is 7.20. The monoisotopic (exact) mass is 223 g/mol. The van der Waals surface area contributed by atoms with Crippen molar-refractivity contribution in [2.45, 2.75) is 23.5 Å². The van der Waals surface area contributed by atoms with Crippen molar-refractivity contribution < 1.29 is 9.53 Å². The van der Waals surface area contributed by atoms with Gasteiger partial charge in [0.1, 0.15) is 5.25 Å². The largest absolute Gasteiger partial charge is 0.465 e. The summed E-state index contributed by atoms with van der Waals surface area (Å²) in [6.07, 6.45) is 0.726. The second kappa shape index (κ2) is 4.14. The van der Waals surface area contributed by atoms with Gasteiger partial charge in [0.25, 0.3) is 0 Å². The Morgan fingerprint density at radius 3 is 3.20 bits per heavy atom. The minimum Gasteiger partial charge on any atom is -0.465 e. The number of carbonyl (C=O) groups is 1. The van der Waals surface area contributed by atoms with Gasteiger partial charge in [0.05, 0.1) is 6.61 Å². The van der Waals surface area contributed by atoms with Gasteiger partial charge >= 0.3 is 5.97 Å². The SMILES string of the molecule is CCOC(=O)C1Cc2cc(N)ccc2S1. The number of hydrogen-bond donors (Lipinski definition) is 1. The molecule has 15 heavy (non-hydrogen) atoms. The lowest BCUT2D eigenvalue weighted by Gasteiger charge is -2.06. The molecule has 1 aromatic rings. The third-order valence-corrected chi connectivity index (χ3v) is 3.60. The quantitative estimate of drug-likeness (QED) is 0.614. The Morgan fingerprint density at radius 2 is 2.47 bits per heavy atom. The van der Waals surface area contributed by atoms with E-state index in [0.29, 0.717) is 6.61 Å². The first-order valence-electron chi connectivity index (χ1n) is 4.92. The molecule has 0 aromatic heterocycles. The summed E-state index contributed by atoms with van der Waals surface area (Å²) in [5.74, 6) is -0.128. The summed E-state index contributed by atoms with van der Waals surface area (Å²) in [6, 6.07) is 5.76. The molecule has 1 unspecified atom stereocenters. The van der Waals surface area contributed by atoms with Crippen LogP contribution in [0.5, 0.6) is 0 Å². The molecule has 2 N–H and O–H groups in total. The maximum atomic E-state index is 11.5. The lowest BCUT2D eigenvalue weighted by Crippen LogP contribution is -2.19. The highest BCUT2D eigenvalue weighted by atomic mass is 32.2. The van der Waals surface area contributed by atoms with Gasteiger partial charge in [0.15, 0.2) is 0 Å². The molecule has 1 aromatic carbocycles. The highest BCUT2D eigenvalue weighted by molar-refractivity contribution is 8.01. The summed E-state index contributed by atoms with van der Waals surface area (Å²) in [5.41, 5.74) is 7.59. The topological polar surface area (TPSA) is 52.3 Å². The van der Waals surface area contributed by atoms with Gasteiger partial charge in [-0.2, -0.15) is 0 Å². The molecule has 0 amide bonds. The Balaban J connectivity index is 2.12. The molecule has 4 heteroatoms. The van der Waals surface area contributed by atoms with Crippen LogP contribution in [-0.2, 0) is 16.0 Å². The molecular weight excluding hydrogens is 210 g/mol. The zero-order valence-electron chi connectivity index (χ0n) is 8.53. The molecule has 3 nitrogen and oxygen atoms in total. The number of nitrogens with two attached hydrogens (primary N) is 1. The van der Waals surface area contributed by atoms with Crippen molar-refractivity contribution in [3.63, 3.8) is 0 Å². The fraction of sp³-hybridized carbons (Fsp3) is 0.364. The fourth-order valence-corrected chi connectivity index (χ4v) is 2.81. The van der Waals surface area contributed by atoms with Gasteiger partial charge in [-0.25, -0.2) is 0 Å². The number of nitrogen functional groups attached to an aromatic ring is 1. The van der Waals surface area contributed by atoms with E-state index in [4.69, 9.17) is 10.5 Å². The highest BCUT2D eigenvalue weighted by Crippen LogP contribution is 2.38. The molecule has 0 saturated carbocycles. The maximum absolute atomic E-state index is 11.5. The minimum absolute atomic E-state index is 0.0956. The highest BCUT2D eigenvalue weighted by Gasteiger charge is 2.29. The Hall–Kier alpha value is -1.16. The van der Waals surface area contributed by atoms with Crippen molar-refractivity contribution in [1.29, 1.82) is 0 Å². The summed E-state index contributed by atoms with van der Waals surface area (Å²) < 4.78 is 5.00. The minimum atomic E-state index is -0.128.